The van der Waals surface area contributed by atoms with E-state index in [1.807, 2.05) is 18.6 Å². The van der Waals surface area contributed by atoms with Gasteiger partial charge < -0.3 is 10.3 Å². The highest BCUT2D eigenvalue weighted by Gasteiger charge is 2.00. The summed E-state index contributed by atoms with van der Waals surface area (Å²) in [5, 5.41) is 5.81. The Balaban J connectivity index is 1.74. The number of pyridine rings is 1. The lowest BCUT2D eigenvalue weighted by Crippen LogP contribution is -2.13. The molecule has 1 aromatic carbocycles. The van der Waals surface area contributed by atoms with E-state index >= 15 is 0 Å². The van der Waals surface area contributed by atoms with Gasteiger partial charge in [-0.1, -0.05) is 18.2 Å². The fraction of sp³-hybridized carbons (Fsp3) is 0.143. The Morgan fingerprint density at radius 2 is 2.11 bits per heavy atom. The van der Waals surface area contributed by atoms with Crippen molar-refractivity contribution in [2.24, 2.45) is 0 Å². The lowest BCUT2D eigenvalue weighted by atomic mass is 10.1. The molecule has 0 saturated heterocycles. The fourth-order valence-electron chi connectivity index (χ4n) is 2.05. The Bertz CT molecular complexity index is 626. The highest BCUT2D eigenvalue weighted by molar-refractivity contribution is 5.84. The highest BCUT2D eigenvalue weighted by Crippen LogP contribution is 2.17. The molecule has 2 N–H and O–H groups in total. The molecule has 0 aliphatic carbocycles. The van der Waals surface area contributed by atoms with Crippen molar-refractivity contribution in [3.05, 3.63) is 60.4 Å². The largest absolute Gasteiger partial charge is 0.348 e. The van der Waals surface area contributed by atoms with Crippen molar-refractivity contribution in [2.45, 2.75) is 13.1 Å². The van der Waals surface area contributed by atoms with Crippen molar-refractivity contribution in [3.8, 4) is 0 Å². The minimum Gasteiger partial charge on any atom is -0.348 e. The van der Waals surface area contributed by atoms with Gasteiger partial charge in [0.15, 0.2) is 0 Å². The summed E-state index contributed by atoms with van der Waals surface area (Å²) in [6.07, 6.45) is 7.32. The molecule has 0 bridgehead atoms. The molecule has 0 aliphatic heterocycles. The molecular formula is C14H14N4. The summed E-state index contributed by atoms with van der Waals surface area (Å²) in [7, 11) is 0. The number of imidazole rings is 1. The van der Waals surface area contributed by atoms with Gasteiger partial charge in [-0.05, 0) is 17.0 Å². The van der Waals surface area contributed by atoms with Crippen molar-refractivity contribution in [1.29, 1.82) is 0 Å². The molecule has 0 saturated carbocycles. The first-order chi connectivity index (χ1) is 8.93. The number of hydrogen-bond acceptors (Lipinski definition) is 3. The molecule has 0 radical (unpaired) electrons. The summed E-state index contributed by atoms with van der Waals surface area (Å²) in [6.45, 7) is 1.57. The van der Waals surface area contributed by atoms with Crippen molar-refractivity contribution in [2.75, 3.05) is 0 Å². The number of aromatic amines is 1. The number of aromatic nitrogens is 3. The topological polar surface area (TPSA) is 53.6 Å². The Hall–Kier alpha value is -2.20. The van der Waals surface area contributed by atoms with Crippen molar-refractivity contribution < 1.29 is 0 Å². The minimum atomic E-state index is 0.745. The Morgan fingerprint density at radius 1 is 1.11 bits per heavy atom. The summed E-state index contributed by atoms with van der Waals surface area (Å²) in [4.78, 5) is 11.4. The molecule has 2 heterocycles. The van der Waals surface area contributed by atoms with E-state index in [2.05, 4.69) is 44.5 Å². The van der Waals surface area contributed by atoms with E-state index < -0.39 is 0 Å². The van der Waals surface area contributed by atoms with E-state index in [-0.39, 0.29) is 0 Å². The normalized spacial score (nSPS) is 10.9. The number of hydrogen-bond donors (Lipinski definition) is 2. The predicted octanol–water partition coefficient (Wildman–Crippen LogP) is 2.25. The number of nitrogens with zero attached hydrogens (tertiary/aromatic N) is 2. The van der Waals surface area contributed by atoms with Gasteiger partial charge in [0.2, 0.25) is 0 Å². The summed E-state index contributed by atoms with van der Waals surface area (Å²) in [5.41, 5.74) is 1.28. The average molecular weight is 238 g/mol. The first-order valence-corrected chi connectivity index (χ1v) is 5.94. The van der Waals surface area contributed by atoms with Gasteiger partial charge in [0, 0.05) is 36.7 Å². The third-order valence-corrected chi connectivity index (χ3v) is 2.93. The Labute approximate surface area is 105 Å². The van der Waals surface area contributed by atoms with Gasteiger partial charge in [-0.25, -0.2) is 4.98 Å². The maximum atomic E-state index is 4.18. The number of rotatable bonds is 4. The van der Waals surface area contributed by atoms with Crippen LogP contribution in [0.1, 0.15) is 11.4 Å². The first kappa shape index (κ1) is 10.9. The van der Waals surface area contributed by atoms with E-state index in [9.17, 15) is 0 Å². The number of nitrogens with one attached hydrogen (secondary N) is 2. The molecular weight excluding hydrogens is 224 g/mol. The van der Waals surface area contributed by atoms with Crippen LogP contribution in [-0.4, -0.2) is 15.0 Å². The monoisotopic (exact) mass is 238 g/mol. The van der Waals surface area contributed by atoms with Gasteiger partial charge in [0.25, 0.3) is 0 Å². The van der Waals surface area contributed by atoms with Crippen LogP contribution in [0.15, 0.2) is 49.1 Å². The fourth-order valence-corrected chi connectivity index (χ4v) is 2.05. The van der Waals surface area contributed by atoms with Gasteiger partial charge >= 0.3 is 0 Å². The molecule has 0 aliphatic rings. The second-order valence-corrected chi connectivity index (χ2v) is 4.15. The molecule has 2 aromatic heterocycles. The van der Waals surface area contributed by atoms with Gasteiger partial charge in [0.05, 0.1) is 6.54 Å². The molecule has 4 heteroatoms. The number of fused-ring (bicyclic) bond motifs is 1. The van der Waals surface area contributed by atoms with Crippen LogP contribution >= 0.6 is 0 Å². The molecule has 3 aromatic rings. The maximum absolute atomic E-state index is 4.18. The molecule has 90 valence electrons. The smallest absolute Gasteiger partial charge is 0.120 e. The van der Waals surface area contributed by atoms with Crippen molar-refractivity contribution in [1.82, 2.24) is 20.3 Å². The van der Waals surface area contributed by atoms with E-state index in [4.69, 9.17) is 0 Å². The quantitative estimate of drug-likeness (QED) is 0.733. The van der Waals surface area contributed by atoms with Crippen LogP contribution in [0.25, 0.3) is 10.8 Å². The molecule has 0 spiro atoms. The first-order valence-electron chi connectivity index (χ1n) is 5.94. The molecule has 0 unspecified atom stereocenters. The SMILES string of the molecule is c1cc(CNCc2ncc[nH]2)c2ccncc2c1. The molecule has 0 fully saturated rings. The van der Waals surface area contributed by atoms with Gasteiger partial charge in [-0.2, -0.15) is 0 Å². The van der Waals surface area contributed by atoms with Gasteiger partial charge in [0.1, 0.15) is 5.82 Å². The number of benzene rings is 1. The average Bonchev–Trinajstić information content (AvgIpc) is 2.92. The summed E-state index contributed by atoms with van der Waals surface area (Å²) in [5.74, 6) is 0.955. The third kappa shape index (κ3) is 2.24. The lowest BCUT2D eigenvalue weighted by Gasteiger charge is -2.07. The van der Waals surface area contributed by atoms with Crippen LogP contribution in [0.2, 0.25) is 0 Å². The Kier molecular flexibility index (Phi) is 3.02. The zero-order valence-corrected chi connectivity index (χ0v) is 9.93. The van der Waals surface area contributed by atoms with E-state index in [0.717, 1.165) is 18.9 Å². The standard InChI is InChI=1S/C14H14N4/c1-2-11-8-15-5-4-13(11)12(3-1)9-16-10-14-17-6-7-18-14/h1-8,16H,9-10H2,(H,17,18). The van der Waals surface area contributed by atoms with E-state index in [1.54, 1.807) is 6.20 Å². The lowest BCUT2D eigenvalue weighted by molar-refractivity contribution is 0.671. The van der Waals surface area contributed by atoms with Crippen molar-refractivity contribution in [3.63, 3.8) is 0 Å². The van der Waals surface area contributed by atoms with Crippen LogP contribution in [0.3, 0.4) is 0 Å². The maximum Gasteiger partial charge on any atom is 0.120 e. The molecule has 0 amide bonds. The predicted molar refractivity (Wildman–Crippen MR) is 70.9 cm³/mol. The molecule has 0 atom stereocenters. The van der Waals surface area contributed by atoms with E-state index in [0.29, 0.717) is 0 Å². The van der Waals surface area contributed by atoms with Crippen LogP contribution in [-0.2, 0) is 13.1 Å². The summed E-state index contributed by atoms with van der Waals surface area (Å²) < 4.78 is 0. The second-order valence-electron chi connectivity index (χ2n) is 4.15. The van der Waals surface area contributed by atoms with Crippen molar-refractivity contribution >= 4 is 10.8 Å². The second kappa shape index (κ2) is 4.98. The van der Waals surface area contributed by atoms with Gasteiger partial charge in [-0.15, -0.1) is 0 Å². The Morgan fingerprint density at radius 3 is 3.00 bits per heavy atom. The minimum absolute atomic E-state index is 0.745. The van der Waals surface area contributed by atoms with Crippen LogP contribution < -0.4 is 5.32 Å². The van der Waals surface area contributed by atoms with Gasteiger partial charge in [-0.3, -0.25) is 4.98 Å². The molecule has 4 nitrogen and oxygen atoms in total. The highest BCUT2D eigenvalue weighted by atomic mass is 15.0. The zero-order valence-electron chi connectivity index (χ0n) is 9.93. The van der Waals surface area contributed by atoms with Crippen LogP contribution in [0.5, 0.6) is 0 Å². The van der Waals surface area contributed by atoms with Crippen LogP contribution in [0.4, 0.5) is 0 Å². The van der Waals surface area contributed by atoms with E-state index in [1.165, 1.54) is 16.3 Å². The molecule has 18 heavy (non-hydrogen) atoms. The zero-order chi connectivity index (χ0) is 12.2. The molecule has 3 rings (SSSR count). The summed E-state index contributed by atoms with van der Waals surface area (Å²) >= 11 is 0. The number of H-pyrrole nitrogens is 1. The summed E-state index contributed by atoms with van der Waals surface area (Å²) in [6, 6.07) is 8.34. The third-order valence-electron chi connectivity index (χ3n) is 2.93. The van der Waals surface area contributed by atoms with Crippen LogP contribution in [0, 0.1) is 0 Å².